The SMILES string of the molecule is COc1ccc(C(N)=S)c(NCC(F)F)c1. The van der Waals surface area contributed by atoms with Crippen LogP contribution in [0.1, 0.15) is 5.56 Å². The molecule has 0 spiro atoms. The zero-order valence-corrected chi connectivity index (χ0v) is 9.48. The largest absolute Gasteiger partial charge is 0.497 e. The van der Waals surface area contributed by atoms with Crippen molar-refractivity contribution in [2.45, 2.75) is 6.43 Å². The van der Waals surface area contributed by atoms with Crippen molar-refractivity contribution in [1.29, 1.82) is 0 Å². The molecule has 0 saturated heterocycles. The minimum absolute atomic E-state index is 0.152. The van der Waals surface area contributed by atoms with Gasteiger partial charge in [-0.1, -0.05) is 12.2 Å². The second-order valence-corrected chi connectivity index (χ2v) is 3.49. The van der Waals surface area contributed by atoms with Gasteiger partial charge in [-0.05, 0) is 12.1 Å². The minimum atomic E-state index is -2.44. The summed E-state index contributed by atoms with van der Waals surface area (Å²) in [5, 5.41) is 2.57. The van der Waals surface area contributed by atoms with Gasteiger partial charge in [0.15, 0.2) is 0 Å². The normalized spacial score (nSPS) is 10.2. The molecule has 1 aromatic carbocycles. The Bertz CT molecular complexity index is 385. The van der Waals surface area contributed by atoms with Crippen molar-refractivity contribution in [1.82, 2.24) is 0 Å². The molecule has 0 aliphatic rings. The van der Waals surface area contributed by atoms with Gasteiger partial charge in [-0.25, -0.2) is 8.78 Å². The van der Waals surface area contributed by atoms with Gasteiger partial charge in [0.1, 0.15) is 10.7 Å². The van der Waals surface area contributed by atoms with Crippen molar-refractivity contribution in [2.75, 3.05) is 19.0 Å². The van der Waals surface area contributed by atoms with Crippen LogP contribution in [0.15, 0.2) is 18.2 Å². The summed E-state index contributed by atoms with van der Waals surface area (Å²) in [6, 6.07) is 4.88. The molecule has 0 unspecified atom stereocenters. The topological polar surface area (TPSA) is 47.3 Å². The van der Waals surface area contributed by atoms with E-state index in [0.29, 0.717) is 17.0 Å². The number of methoxy groups -OCH3 is 1. The second kappa shape index (κ2) is 5.60. The zero-order chi connectivity index (χ0) is 12.1. The lowest BCUT2D eigenvalue weighted by molar-refractivity contribution is 0.163. The summed E-state index contributed by atoms with van der Waals surface area (Å²) in [7, 11) is 1.49. The molecule has 0 heterocycles. The first-order valence-corrected chi connectivity index (χ1v) is 4.95. The van der Waals surface area contributed by atoms with Crippen molar-refractivity contribution in [3.63, 3.8) is 0 Å². The highest BCUT2D eigenvalue weighted by Crippen LogP contribution is 2.22. The Morgan fingerprint density at radius 1 is 1.56 bits per heavy atom. The summed E-state index contributed by atoms with van der Waals surface area (Å²) < 4.78 is 29.1. The number of alkyl halides is 2. The number of nitrogens with two attached hydrogens (primary N) is 1. The van der Waals surface area contributed by atoms with Crippen LogP contribution in [0.4, 0.5) is 14.5 Å². The second-order valence-electron chi connectivity index (χ2n) is 3.05. The van der Waals surface area contributed by atoms with Crippen LogP contribution in [0.5, 0.6) is 5.75 Å². The Hall–Kier alpha value is -1.43. The highest BCUT2D eigenvalue weighted by atomic mass is 32.1. The maximum absolute atomic E-state index is 12.1. The first-order valence-electron chi connectivity index (χ1n) is 4.54. The Morgan fingerprint density at radius 2 is 2.25 bits per heavy atom. The molecular weight excluding hydrogens is 234 g/mol. The Morgan fingerprint density at radius 3 is 2.75 bits per heavy atom. The van der Waals surface area contributed by atoms with E-state index in [2.05, 4.69) is 5.32 Å². The Kier molecular flexibility index (Phi) is 4.42. The van der Waals surface area contributed by atoms with Gasteiger partial charge in [-0.15, -0.1) is 0 Å². The fourth-order valence-electron chi connectivity index (χ4n) is 1.20. The number of nitrogens with one attached hydrogen (secondary N) is 1. The lowest BCUT2D eigenvalue weighted by atomic mass is 10.1. The van der Waals surface area contributed by atoms with Crippen molar-refractivity contribution in [3.05, 3.63) is 23.8 Å². The number of hydrogen-bond donors (Lipinski definition) is 2. The molecule has 0 aromatic heterocycles. The van der Waals surface area contributed by atoms with Crippen LogP contribution in [-0.4, -0.2) is 25.1 Å². The van der Waals surface area contributed by atoms with Crippen molar-refractivity contribution >= 4 is 22.9 Å². The van der Waals surface area contributed by atoms with Gasteiger partial charge in [0.25, 0.3) is 6.43 Å². The Balaban J connectivity index is 2.96. The van der Waals surface area contributed by atoms with E-state index in [9.17, 15) is 8.78 Å². The summed E-state index contributed by atoms with van der Waals surface area (Å²) in [5.41, 5.74) is 6.45. The van der Waals surface area contributed by atoms with E-state index in [-0.39, 0.29) is 4.99 Å². The van der Waals surface area contributed by atoms with E-state index in [1.165, 1.54) is 7.11 Å². The first kappa shape index (κ1) is 12.6. The fraction of sp³-hybridized carbons (Fsp3) is 0.300. The van der Waals surface area contributed by atoms with E-state index in [1.807, 2.05) is 0 Å². The number of halogens is 2. The molecule has 0 atom stereocenters. The van der Waals surface area contributed by atoms with Gasteiger partial charge in [0.2, 0.25) is 0 Å². The third-order valence-electron chi connectivity index (χ3n) is 1.94. The van der Waals surface area contributed by atoms with Crippen molar-refractivity contribution in [3.8, 4) is 5.75 Å². The Labute approximate surface area is 97.6 Å². The standard InChI is InChI=1S/C10H12F2N2OS/c1-15-6-2-3-7(10(13)16)8(4-6)14-5-9(11)12/h2-4,9,14H,5H2,1H3,(H2,13,16). The summed E-state index contributed by atoms with van der Waals surface area (Å²) in [5.74, 6) is 0.553. The average Bonchev–Trinajstić information content (AvgIpc) is 2.25. The van der Waals surface area contributed by atoms with Gasteiger partial charge in [0.05, 0.1) is 13.7 Å². The number of ether oxygens (including phenoxy) is 1. The monoisotopic (exact) mass is 246 g/mol. The van der Waals surface area contributed by atoms with Gasteiger partial charge < -0.3 is 15.8 Å². The van der Waals surface area contributed by atoms with Crippen LogP contribution in [0.2, 0.25) is 0 Å². The van der Waals surface area contributed by atoms with E-state index < -0.39 is 13.0 Å². The molecule has 0 saturated carbocycles. The molecule has 88 valence electrons. The first-order chi connectivity index (χ1) is 7.54. The third-order valence-corrected chi connectivity index (χ3v) is 2.16. The van der Waals surface area contributed by atoms with E-state index in [4.69, 9.17) is 22.7 Å². The minimum Gasteiger partial charge on any atom is -0.497 e. The van der Waals surface area contributed by atoms with Crippen LogP contribution in [0.25, 0.3) is 0 Å². The average molecular weight is 246 g/mol. The summed E-state index contributed by atoms with van der Waals surface area (Å²) in [6.07, 6.45) is -2.44. The highest BCUT2D eigenvalue weighted by molar-refractivity contribution is 7.80. The molecule has 1 aromatic rings. The van der Waals surface area contributed by atoms with Crippen LogP contribution in [-0.2, 0) is 0 Å². The van der Waals surface area contributed by atoms with Gasteiger partial charge >= 0.3 is 0 Å². The molecule has 1 rings (SSSR count). The van der Waals surface area contributed by atoms with E-state index in [0.717, 1.165) is 0 Å². The van der Waals surface area contributed by atoms with Crippen LogP contribution in [0.3, 0.4) is 0 Å². The van der Waals surface area contributed by atoms with E-state index in [1.54, 1.807) is 18.2 Å². The van der Waals surface area contributed by atoms with Crippen LogP contribution < -0.4 is 15.8 Å². The summed E-state index contributed by atoms with van der Waals surface area (Å²) in [6.45, 7) is -0.456. The maximum atomic E-state index is 12.1. The number of thiocarbonyl (C=S) groups is 1. The lowest BCUT2D eigenvalue weighted by Gasteiger charge is -2.12. The molecular formula is C10H12F2N2OS. The third kappa shape index (κ3) is 3.30. The predicted octanol–water partition coefficient (Wildman–Crippen LogP) is 2.01. The molecule has 0 aliphatic heterocycles. The summed E-state index contributed by atoms with van der Waals surface area (Å²) in [4.78, 5) is 0.152. The van der Waals surface area contributed by atoms with Gasteiger partial charge in [0, 0.05) is 17.3 Å². The lowest BCUT2D eigenvalue weighted by Crippen LogP contribution is -2.16. The molecule has 0 fully saturated rings. The van der Waals surface area contributed by atoms with Gasteiger partial charge in [-0.3, -0.25) is 0 Å². The zero-order valence-electron chi connectivity index (χ0n) is 8.67. The number of hydrogen-bond acceptors (Lipinski definition) is 3. The fourth-order valence-corrected chi connectivity index (χ4v) is 1.38. The predicted molar refractivity (Wildman–Crippen MR) is 63.4 cm³/mol. The molecule has 3 nitrogen and oxygen atoms in total. The smallest absolute Gasteiger partial charge is 0.255 e. The van der Waals surface area contributed by atoms with E-state index >= 15 is 0 Å². The molecule has 3 N–H and O–H groups in total. The quantitative estimate of drug-likeness (QED) is 0.780. The maximum Gasteiger partial charge on any atom is 0.255 e. The molecule has 0 bridgehead atoms. The highest BCUT2D eigenvalue weighted by Gasteiger charge is 2.09. The van der Waals surface area contributed by atoms with Crippen LogP contribution in [0, 0.1) is 0 Å². The number of rotatable bonds is 5. The molecule has 16 heavy (non-hydrogen) atoms. The molecule has 0 radical (unpaired) electrons. The van der Waals surface area contributed by atoms with Crippen LogP contribution >= 0.6 is 12.2 Å². The van der Waals surface area contributed by atoms with Gasteiger partial charge in [-0.2, -0.15) is 0 Å². The molecule has 0 amide bonds. The van der Waals surface area contributed by atoms with Crippen molar-refractivity contribution in [2.24, 2.45) is 5.73 Å². The number of benzene rings is 1. The van der Waals surface area contributed by atoms with Crippen molar-refractivity contribution < 1.29 is 13.5 Å². The molecule has 0 aliphatic carbocycles. The molecule has 6 heteroatoms. The summed E-state index contributed by atoms with van der Waals surface area (Å²) >= 11 is 4.82. The number of anilines is 1.